The molecule has 0 amide bonds. The lowest BCUT2D eigenvalue weighted by atomic mass is 9.94. The van der Waals surface area contributed by atoms with Crippen LogP contribution in [0.4, 0.5) is 11.4 Å². The molecule has 0 saturated carbocycles. The number of H-pyrrole nitrogens is 1. The highest BCUT2D eigenvalue weighted by molar-refractivity contribution is 7.99. The highest BCUT2D eigenvalue weighted by Crippen LogP contribution is 2.52. The highest BCUT2D eigenvalue weighted by atomic mass is 32.2. The predicted molar refractivity (Wildman–Crippen MR) is 132 cm³/mol. The van der Waals surface area contributed by atoms with Crippen LogP contribution in [0.1, 0.15) is 31.4 Å². The van der Waals surface area contributed by atoms with Gasteiger partial charge in [0.05, 0.1) is 17.1 Å². The van der Waals surface area contributed by atoms with Crippen molar-refractivity contribution in [1.29, 1.82) is 0 Å². The van der Waals surface area contributed by atoms with Crippen LogP contribution in [-0.4, -0.2) is 48.6 Å². The second-order valence-electron chi connectivity index (χ2n) is 9.36. The minimum Gasteiger partial charge on any atom is -0.336 e. The van der Waals surface area contributed by atoms with Crippen LogP contribution < -0.4 is 4.90 Å². The molecular formula is C26H25N7S. The number of nitrogens with zero attached hydrogens (tertiary/aromatic N) is 6. The number of benzene rings is 2. The molecule has 34 heavy (non-hydrogen) atoms. The number of anilines is 2. The maximum absolute atomic E-state index is 4.60. The Hall–Kier alpha value is -3.23. The number of fused-ring (bicyclic) bond motifs is 4. The molecule has 2 fully saturated rings. The topological polar surface area (TPSA) is 73.8 Å². The first-order valence-electron chi connectivity index (χ1n) is 11.9. The van der Waals surface area contributed by atoms with Crippen LogP contribution in [0.5, 0.6) is 0 Å². The Morgan fingerprint density at radius 1 is 0.882 bits per heavy atom. The lowest BCUT2D eigenvalue weighted by molar-refractivity contribution is 0.118. The van der Waals surface area contributed by atoms with Gasteiger partial charge in [-0.1, -0.05) is 30.0 Å². The van der Waals surface area contributed by atoms with Gasteiger partial charge in [0, 0.05) is 46.2 Å². The Morgan fingerprint density at radius 3 is 2.50 bits per heavy atom. The second kappa shape index (κ2) is 8.21. The molecule has 2 atom stereocenters. The predicted octanol–water partition coefficient (Wildman–Crippen LogP) is 5.06. The largest absolute Gasteiger partial charge is 0.336 e. The van der Waals surface area contributed by atoms with Crippen LogP contribution >= 0.6 is 11.8 Å². The van der Waals surface area contributed by atoms with Gasteiger partial charge in [0.2, 0.25) is 5.82 Å². The van der Waals surface area contributed by atoms with Crippen LogP contribution in [0.3, 0.4) is 0 Å². The fraction of sp³-hybridized carbons (Fsp3) is 0.308. The third-order valence-electron chi connectivity index (χ3n) is 7.46. The van der Waals surface area contributed by atoms with Crippen molar-refractivity contribution in [1.82, 2.24) is 30.5 Å². The van der Waals surface area contributed by atoms with Gasteiger partial charge in [-0.05, 0) is 73.4 Å². The van der Waals surface area contributed by atoms with Crippen LogP contribution in [0.25, 0.3) is 11.4 Å². The molecule has 3 aliphatic rings. The molecule has 2 unspecified atom stereocenters. The van der Waals surface area contributed by atoms with Gasteiger partial charge in [0.1, 0.15) is 0 Å². The summed E-state index contributed by atoms with van der Waals surface area (Å²) in [7, 11) is 0. The normalized spacial score (nSPS) is 23.5. The monoisotopic (exact) mass is 467 g/mol. The second-order valence-corrected chi connectivity index (χ2v) is 10.4. The first-order chi connectivity index (χ1) is 16.8. The van der Waals surface area contributed by atoms with E-state index in [1.165, 1.54) is 52.5 Å². The molecular weight excluding hydrogens is 442 g/mol. The molecule has 2 aromatic carbocycles. The van der Waals surface area contributed by atoms with Crippen molar-refractivity contribution in [2.24, 2.45) is 0 Å². The van der Waals surface area contributed by atoms with Crippen molar-refractivity contribution >= 4 is 23.1 Å². The molecule has 2 saturated heterocycles. The summed E-state index contributed by atoms with van der Waals surface area (Å²) in [6.45, 7) is 0.958. The van der Waals surface area contributed by atoms with Crippen molar-refractivity contribution in [3.05, 3.63) is 72.6 Å². The molecule has 170 valence electrons. The lowest BCUT2D eigenvalue weighted by Gasteiger charge is -2.46. The Kier molecular flexibility index (Phi) is 4.87. The van der Waals surface area contributed by atoms with Gasteiger partial charge in [0.15, 0.2) is 0 Å². The van der Waals surface area contributed by atoms with Crippen molar-refractivity contribution in [2.45, 2.75) is 60.1 Å². The Labute approximate surface area is 202 Å². The summed E-state index contributed by atoms with van der Waals surface area (Å²) in [4.78, 5) is 12.5. The Bertz CT molecular complexity index is 1300. The zero-order valence-electron chi connectivity index (χ0n) is 18.7. The summed E-state index contributed by atoms with van der Waals surface area (Å²) in [5, 5.41) is 14.7. The molecule has 0 aliphatic carbocycles. The number of aromatic amines is 1. The number of piperidine rings is 1. The third kappa shape index (κ3) is 3.40. The van der Waals surface area contributed by atoms with Gasteiger partial charge < -0.3 is 4.90 Å². The van der Waals surface area contributed by atoms with E-state index in [1.54, 1.807) is 0 Å². The summed E-state index contributed by atoms with van der Waals surface area (Å²) >= 11 is 1.83. The molecule has 4 aromatic rings. The maximum Gasteiger partial charge on any atom is 0.204 e. The summed E-state index contributed by atoms with van der Waals surface area (Å²) in [5.74, 6) is 0.634. The van der Waals surface area contributed by atoms with Crippen molar-refractivity contribution < 1.29 is 0 Å². The molecule has 1 N–H and O–H groups in total. The number of tetrazole rings is 1. The van der Waals surface area contributed by atoms with Gasteiger partial charge in [0.25, 0.3) is 0 Å². The summed E-state index contributed by atoms with van der Waals surface area (Å²) < 4.78 is 0. The molecule has 2 bridgehead atoms. The number of rotatable bonds is 4. The molecule has 0 spiro atoms. The number of hydrogen-bond acceptors (Lipinski definition) is 7. The van der Waals surface area contributed by atoms with Crippen molar-refractivity contribution in [2.75, 3.05) is 4.90 Å². The van der Waals surface area contributed by atoms with Gasteiger partial charge in [-0.15, -0.1) is 10.2 Å². The molecule has 5 heterocycles. The van der Waals surface area contributed by atoms with Gasteiger partial charge in [-0.3, -0.25) is 9.88 Å². The number of nitrogens with one attached hydrogen (secondary N) is 1. The van der Waals surface area contributed by atoms with E-state index in [0.29, 0.717) is 23.9 Å². The highest BCUT2D eigenvalue weighted by Gasteiger charge is 2.44. The fourth-order valence-electron chi connectivity index (χ4n) is 6.00. The minimum absolute atomic E-state index is 0.481. The van der Waals surface area contributed by atoms with Gasteiger partial charge in [-0.25, -0.2) is 0 Å². The molecule has 0 radical (unpaired) electrons. The van der Waals surface area contributed by atoms with Crippen LogP contribution in [0.2, 0.25) is 0 Å². The standard InChI is InChI=1S/C26H25N7S/c1-2-7-24-22(6-1)33(23-11-8-17(13-25(23)34-24)26-28-30-31-29-26)21-14-19-9-10-20(15-21)32(19)16-18-5-3-4-12-27-18/h1-8,11-13,19-21H,9-10,14-16H2,(H,28,29,30,31). The van der Waals surface area contributed by atoms with E-state index in [4.69, 9.17) is 0 Å². The summed E-state index contributed by atoms with van der Waals surface area (Å²) in [6.07, 6.45) is 6.82. The van der Waals surface area contributed by atoms with Gasteiger partial charge in [-0.2, -0.15) is 5.21 Å². The van der Waals surface area contributed by atoms with Crippen LogP contribution in [-0.2, 0) is 6.54 Å². The summed E-state index contributed by atoms with van der Waals surface area (Å²) in [5.41, 5.74) is 4.79. The van der Waals surface area contributed by atoms with Gasteiger partial charge >= 0.3 is 0 Å². The van der Waals surface area contributed by atoms with E-state index in [9.17, 15) is 0 Å². The van der Waals surface area contributed by atoms with E-state index < -0.39 is 0 Å². The molecule has 8 heteroatoms. The van der Waals surface area contributed by atoms with Crippen LogP contribution in [0.15, 0.2) is 76.7 Å². The number of aromatic nitrogens is 5. The maximum atomic E-state index is 4.60. The smallest absolute Gasteiger partial charge is 0.204 e. The van der Waals surface area contributed by atoms with E-state index in [0.717, 1.165) is 12.1 Å². The van der Waals surface area contributed by atoms with Crippen molar-refractivity contribution in [3.63, 3.8) is 0 Å². The van der Waals surface area contributed by atoms with Crippen LogP contribution in [0, 0.1) is 0 Å². The lowest BCUT2D eigenvalue weighted by Crippen LogP contribution is -2.49. The SMILES string of the molecule is c1ccc(CN2C3CCC2CC(N2c4ccccc4Sc4cc(-c5nn[nH]n5)ccc42)C3)nc1. The van der Waals surface area contributed by atoms with E-state index >= 15 is 0 Å². The summed E-state index contributed by atoms with van der Waals surface area (Å²) in [6, 6.07) is 23.3. The third-order valence-corrected chi connectivity index (χ3v) is 8.57. The first kappa shape index (κ1) is 20.2. The number of pyridine rings is 1. The molecule has 7 rings (SSSR count). The number of para-hydroxylation sites is 1. The average Bonchev–Trinajstić information content (AvgIpc) is 3.49. The first-order valence-corrected chi connectivity index (χ1v) is 12.7. The number of hydrogen-bond donors (Lipinski definition) is 1. The minimum atomic E-state index is 0.481. The van der Waals surface area contributed by atoms with E-state index in [-0.39, 0.29) is 0 Å². The Balaban J connectivity index is 1.22. The zero-order chi connectivity index (χ0) is 22.5. The van der Waals surface area contributed by atoms with E-state index in [2.05, 4.69) is 90.0 Å². The average molecular weight is 468 g/mol. The zero-order valence-corrected chi connectivity index (χ0v) is 19.5. The fourth-order valence-corrected chi connectivity index (χ4v) is 7.11. The van der Waals surface area contributed by atoms with E-state index in [1.807, 2.05) is 24.0 Å². The quantitative estimate of drug-likeness (QED) is 0.450. The molecule has 3 aliphatic heterocycles. The van der Waals surface area contributed by atoms with Crippen molar-refractivity contribution in [3.8, 4) is 11.4 Å². The Morgan fingerprint density at radius 2 is 1.71 bits per heavy atom. The molecule has 2 aromatic heterocycles. The molecule has 7 nitrogen and oxygen atoms in total.